The van der Waals surface area contributed by atoms with Crippen LogP contribution >= 0.6 is 0 Å². The lowest BCUT2D eigenvalue weighted by Gasteiger charge is -2.09. The van der Waals surface area contributed by atoms with E-state index in [-0.39, 0.29) is 5.91 Å². The van der Waals surface area contributed by atoms with Gasteiger partial charge in [-0.1, -0.05) is 12.1 Å². The molecule has 0 aliphatic heterocycles. The molecule has 0 unspecified atom stereocenters. The van der Waals surface area contributed by atoms with Crippen LogP contribution in [0.4, 0.5) is 5.69 Å². The molecule has 0 bridgehead atoms. The Bertz CT molecular complexity index is 346. The molecule has 4 nitrogen and oxygen atoms in total. The molecule has 0 atom stereocenters. The predicted molar refractivity (Wildman–Crippen MR) is 70.8 cm³/mol. The smallest absolute Gasteiger partial charge is 0.224 e. The van der Waals surface area contributed by atoms with Crippen molar-refractivity contribution in [3.05, 3.63) is 29.8 Å². The third-order valence-corrected chi connectivity index (χ3v) is 2.48. The highest BCUT2D eigenvalue weighted by Crippen LogP contribution is 2.09. The Morgan fingerprint density at radius 1 is 1.29 bits per heavy atom. The fraction of sp³-hybridized carbons (Fsp3) is 0.462. The molecule has 0 heterocycles. The number of rotatable bonds is 6. The molecule has 0 saturated heterocycles. The van der Waals surface area contributed by atoms with Gasteiger partial charge < -0.3 is 16.0 Å². The molecule has 0 saturated carbocycles. The van der Waals surface area contributed by atoms with Crippen LogP contribution in [0, 0.1) is 0 Å². The molecule has 17 heavy (non-hydrogen) atoms. The number of anilines is 1. The van der Waals surface area contributed by atoms with Crippen LogP contribution < -0.4 is 11.1 Å². The fourth-order valence-electron chi connectivity index (χ4n) is 1.50. The standard InChI is InChI=1S/C13H21N3O/c1-16(2)9-3-4-13(17)15-12-7-5-11(10-14)6-8-12/h5-8H,3-4,9-10,14H2,1-2H3,(H,15,17). The first-order valence-electron chi connectivity index (χ1n) is 5.85. The van der Waals surface area contributed by atoms with Gasteiger partial charge in [-0.2, -0.15) is 0 Å². The summed E-state index contributed by atoms with van der Waals surface area (Å²) in [4.78, 5) is 13.7. The first-order chi connectivity index (χ1) is 8.11. The number of hydrogen-bond acceptors (Lipinski definition) is 3. The largest absolute Gasteiger partial charge is 0.326 e. The maximum Gasteiger partial charge on any atom is 0.224 e. The van der Waals surface area contributed by atoms with Gasteiger partial charge in [-0.15, -0.1) is 0 Å². The van der Waals surface area contributed by atoms with E-state index in [4.69, 9.17) is 5.73 Å². The zero-order valence-electron chi connectivity index (χ0n) is 10.6. The molecule has 94 valence electrons. The van der Waals surface area contributed by atoms with Crippen LogP contribution in [-0.4, -0.2) is 31.4 Å². The summed E-state index contributed by atoms with van der Waals surface area (Å²) in [5, 5.41) is 2.87. The number of nitrogens with one attached hydrogen (secondary N) is 1. The van der Waals surface area contributed by atoms with E-state index in [0.717, 1.165) is 24.2 Å². The van der Waals surface area contributed by atoms with Gasteiger partial charge in [-0.25, -0.2) is 0 Å². The molecule has 0 spiro atoms. The van der Waals surface area contributed by atoms with Gasteiger partial charge in [0.15, 0.2) is 0 Å². The van der Waals surface area contributed by atoms with Gasteiger partial charge in [0, 0.05) is 18.7 Å². The second kappa shape index (κ2) is 7.04. The van der Waals surface area contributed by atoms with Crippen LogP contribution in [0.3, 0.4) is 0 Å². The van der Waals surface area contributed by atoms with E-state index in [2.05, 4.69) is 10.2 Å². The first-order valence-corrected chi connectivity index (χ1v) is 5.85. The van der Waals surface area contributed by atoms with Gasteiger partial charge in [0.2, 0.25) is 5.91 Å². The summed E-state index contributed by atoms with van der Waals surface area (Å²) in [6.45, 7) is 1.45. The monoisotopic (exact) mass is 235 g/mol. The van der Waals surface area contributed by atoms with Crippen LogP contribution in [0.5, 0.6) is 0 Å². The lowest BCUT2D eigenvalue weighted by atomic mass is 10.2. The molecule has 0 aliphatic carbocycles. The van der Waals surface area contributed by atoms with E-state index in [9.17, 15) is 4.79 Å². The number of nitrogens with zero attached hydrogens (tertiary/aromatic N) is 1. The van der Waals surface area contributed by atoms with Gasteiger partial charge >= 0.3 is 0 Å². The summed E-state index contributed by atoms with van der Waals surface area (Å²) in [6.07, 6.45) is 1.43. The lowest BCUT2D eigenvalue weighted by molar-refractivity contribution is -0.116. The van der Waals surface area contributed by atoms with Crippen molar-refractivity contribution in [1.29, 1.82) is 0 Å². The van der Waals surface area contributed by atoms with Gasteiger partial charge in [0.1, 0.15) is 0 Å². The highest BCUT2D eigenvalue weighted by molar-refractivity contribution is 5.90. The number of nitrogens with two attached hydrogens (primary N) is 1. The van der Waals surface area contributed by atoms with Crippen LogP contribution in [-0.2, 0) is 11.3 Å². The minimum absolute atomic E-state index is 0.0624. The van der Waals surface area contributed by atoms with E-state index < -0.39 is 0 Å². The van der Waals surface area contributed by atoms with Crippen molar-refractivity contribution in [3.63, 3.8) is 0 Å². The highest BCUT2D eigenvalue weighted by Gasteiger charge is 2.02. The predicted octanol–water partition coefficient (Wildman–Crippen LogP) is 1.43. The van der Waals surface area contributed by atoms with Crippen molar-refractivity contribution in [2.75, 3.05) is 26.0 Å². The fourth-order valence-corrected chi connectivity index (χ4v) is 1.50. The molecular weight excluding hydrogens is 214 g/mol. The second-order valence-corrected chi connectivity index (χ2v) is 4.36. The number of hydrogen-bond donors (Lipinski definition) is 2. The molecule has 1 aromatic carbocycles. The molecule has 0 aromatic heterocycles. The van der Waals surface area contributed by atoms with Crippen LogP contribution in [0.2, 0.25) is 0 Å². The topological polar surface area (TPSA) is 58.4 Å². The van der Waals surface area contributed by atoms with E-state index >= 15 is 0 Å². The number of amides is 1. The Labute approximate surface area is 103 Å². The van der Waals surface area contributed by atoms with Crippen molar-refractivity contribution in [2.45, 2.75) is 19.4 Å². The Hall–Kier alpha value is -1.39. The SMILES string of the molecule is CN(C)CCCC(=O)Nc1ccc(CN)cc1. The normalized spacial score (nSPS) is 10.6. The third kappa shape index (κ3) is 5.47. The van der Waals surface area contributed by atoms with Crippen molar-refractivity contribution in [3.8, 4) is 0 Å². The van der Waals surface area contributed by atoms with Crippen LogP contribution in [0.1, 0.15) is 18.4 Å². The van der Waals surface area contributed by atoms with Gasteiger partial charge in [-0.05, 0) is 44.8 Å². The number of carbonyl (C=O) groups excluding carboxylic acids is 1. The van der Waals surface area contributed by atoms with Gasteiger partial charge in [-0.3, -0.25) is 4.79 Å². The van der Waals surface area contributed by atoms with E-state index in [1.54, 1.807) is 0 Å². The zero-order valence-corrected chi connectivity index (χ0v) is 10.6. The van der Waals surface area contributed by atoms with Crippen molar-refractivity contribution in [2.24, 2.45) is 5.73 Å². The molecular formula is C13H21N3O. The summed E-state index contributed by atoms with van der Waals surface area (Å²) < 4.78 is 0. The molecule has 1 amide bonds. The Morgan fingerprint density at radius 2 is 1.94 bits per heavy atom. The highest BCUT2D eigenvalue weighted by atomic mass is 16.1. The Kier molecular flexibility index (Phi) is 5.66. The van der Waals surface area contributed by atoms with Crippen LogP contribution in [0.25, 0.3) is 0 Å². The first kappa shape index (κ1) is 13.7. The summed E-state index contributed by atoms with van der Waals surface area (Å²) in [5.41, 5.74) is 7.40. The van der Waals surface area contributed by atoms with Crippen molar-refractivity contribution in [1.82, 2.24) is 4.90 Å². The van der Waals surface area contributed by atoms with Crippen molar-refractivity contribution >= 4 is 11.6 Å². The molecule has 0 fully saturated rings. The minimum Gasteiger partial charge on any atom is -0.326 e. The molecule has 1 aromatic rings. The van der Waals surface area contributed by atoms with Gasteiger partial charge in [0.25, 0.3) is 0 Å². The van der Waals surface area contributed by atoms with E-state index in [1.165, 1.54) is 0 Å². The maximum absolute atomic E-state index is 11.6. The second-order valence-electron chi connectivity index (χ2n) is 4.36. The number of benzene rings is 1. The molecule has 0 radical (unpaired) electrons. The quantitative estimate of drug-likeness (QED) is 0.784. The van der Waals surface area contributed by atoms with Crippen LogP contribution in [0.15, 0.2) is 24.3 Å². The Balaban J connectivity index is 2.34. The molecule has 0 aliphatic rings. The van der Waals surface area contributed by atoms with Crippen molar-refractivity contribution < 1.29 is 4.79 Å². The van der Waals surface area contributed by atoms with E-state index in [1.807, 2.05) is 38.4 Å². The zero-order chi connectivity index (χ0) is 12.7. The summed E-state index contributed by atoms with van der Waals surface area (Å²) in [6, 6.07) is 7.61. The summed E-state index contributed by atoms with van der Waals surface area (Å²) in [7, 11) is 4.01. The summed E-state index contributed by atoms with van der Waals surface area (Å²) >= 11 is 0. The average molecular weight is 235 g/mol. The maximum atomic E-state index is 11.6. The minimum atomic E-state index is 0.0624. The third-order valence-electron chi connectivity index (χ3n) is 2.48. The summed E-state index contributed by atoms with van der Waals surface area (Å²) in [5.74, 6) is 0.0624. The lowest BCUT2D eigenvalue weighted by Crippen LogP contribution is -2.17. The molecule has 1 rings (SSSR count). The Morgan fingerprint density at radius 3 is 2.47 bits per heavy atom. The van der Waals surface area contributed by atoms with E-state index in [0.29, 0.717) is 13.0 Å². The number of carbonyl (C=O) groups is 1. The molecule has 3 N–H and O–H groups in total. The molecule has 4 heteroatoms. The van der Waals surface area contributed by atoms with Gasteiger partial charge in [0.05, 0.1) is 0 Å². The average Bonchev–Trinajstić information content (AvgIpc) is 2.29.